The molecule has 0 saturated heterocycles. The molecule has 0 aliphatic rings. The summed E-state index contributed by atoms with van der Waals surface area (Å²) in [5.41, 5.74) is 4.97. The molecule has 17 heavy (non-hydrogen) atoms. The fraction of sp³-hybridized carbons (Fsp3) is 0.100. The molecule has 0 bridgehead atoms. The van der Waals surface area contributed by atoms with E-state index in [1.54, 1.807) is 0 Å². The Balaban J connectivity index is 2.90. The third-order valence-electron chi connectivity index (χ3n) is 1.66. The van der Waals surface area contributed by atoms with Gasteiger partial charge < -0.3 is 15.6 Å². The van der Waals surface area contributed by atoms with Gasteiger partial charge in [-0.1, -0.05) is 0 Å². The van der Waals surface area contributed by atoms with Crippen molar-refractivity contribution in [3.05, 3.63) is 29.8 Å². The Labute approximate surface area is 94.1 Å². The van der Waals surface area contributed by atoms with Gasteiger partial charge in [-0.25, -0.2) is 0 Å². The van der Waals surface area contributed by atoms with Gasteiger partial charge in [0.2, 0.25) is 5.91 Å². The number of halogens is 3. The fourth-order valence-corrected chi connectivity index (χ4v) is 1.03. The predicted molar refractivity (Wildman–Crippen MR) is 53.0 cm³/mol. The molecule has 1 amide bonds. The molecule has 3 N–H and O–H groups in total. The Bertz CT molecular complexity index is 455. The number of primary amides is 1. The lowest BCUT2D eigenvalue weighted by Crippen LogP contribution is -2.17. The van der Waals surface area contributed by atoms with E-state index in [-0.39, 0.29) is 5.56 Å². The molecule has 7 heteroatoms. The van der Waals surface area contributed by atoms with Crippen molar-refractivity contribution < 1.29 is 27.8 Å². The molecule has 92 valence electrons. The maximum atomic E-state index is 11.8. The second-order valence-corrected chi connectivity index (χ2v) is 3.00. The van der Waals surface area contributed by atoms with Crippen LogP contribution >= 0.6 is 0 Å². The number of carbonyl (C=O) groups is 1. The Morgan fingerprint density at radius 1 is 1.41 bits per heavy atom. The summed E-state index contributed by atoms with van der Waals surface area (Å²) in [4.78, 5) is 10.4. The zero-order chi connectivity index (χ0) is 13.1. The average Bonchev–Trinajstić information content (AvgIpc) is 2.13. The number of benzene rings is 1. The number of hydrogen-bond donors (Lipinski definition) is 2. The lowest BCUT2D eigenvalue weighted by atomic mass is 10.2. The number of phenolic OH excluding ortho intramolecular Hbond substituents is 1. The summed E-state index contributed by atoms with van der Waals surface area (Å²) in [7, 11) is 0. The zero-order valence-electron chi connectivity index (χ0n) is 8.36. The molecule has 0 aliphatic carbocycles. The van der Waals surface area contributed by atoms with Crippen molar-refractivity contribution in [2.24, 2.45) is 5.73 Å². The molecule has 1 rings (SSSR count). The topological polar surface area (TPSA) is 72.6 Å². The number of phenols is 1. The second-order valence-electron chi connectivity index (χ2n) is 3.00. The fourth-order valence-electron chi connectivity index (χ4n) is 1.03. The minimum Gasteiger partial charge on any atom is -0.507 e. The molecule has 0 heterocycles. The number of hydrogen-bond acceptors (Lipinski definition) is 3. The van der Waals surface area contributed by atoms with Gasteiger partial charge in [-0.2, -0.15) is 0 Å². The summed E-state index contributed by atoms with van der Waals surface area (Å²) in [6.07, 6.45) is -2.68. The summed E-state index contributed by atoms with van der Waals surface area (Å²) >= 11 is 0. The zero-order valence-corrected chi connectivity index (χ0v) is 8.36. The van der Waals surface area contributed by atoms with Crippen molar-refractivity contribution in [2.75, 3.05) is 0 Å². The number of nitrogens with two attached hydrogens (primary N) is 1. The third kappa shape index (κ3) is 4.45. The van der Waals surface area contributed by atoms with E-state index >= 15 is 0 Å². The van der Waals surface area contributed by atoms with Crippen LogP contribution < -0.4 is 10.5 Å². The molecule has 0 spiro atoms. The first-order chi connectivity index (χ1) is 7.78. The van der Waals surface area contributed by atoms with E-state index in [0.717, 1.165) is 24.3 Å². The average molecular weight is 247 g/mol. The minimum atomic E-state index is -4.82. The normalized spacial score (nSPS) is 11.7. The Morgan fingerprint density at radius 2 is 2.06 bits per heavy atom. The monoisotopic (exact) mass is 247 g/mol. The first kappa shape index (κ1) is 12.9. The minimum absolute atomic E-state index is 0.151. The maximum Gasteiger partial charge on any atom is 0.573 e. The van der Waals surface area contributed by atoms with E-state index in [1.165, 1.54) is 6.08 Å². The van der Waals surface area contributed by atoms with E-state index in [1.807, 2.05) is 0 Å². The van der Waals surface area contributed by atoms with Gasteiger partial charge in [0.1, 0.15) is 11.5 Å². The van der Waals surface area contributed by atoms with Crippen LogP contribution in [0.2, 0.25) is 0 Å². The standard InChI is InChI=1S/C10H8F3NO3/c11-10(12,13)17-7-3-1-6(8(15)5-7)2-4-9(14)16/h1-5,15H,(H2,14,16). The number of ether oxygens (including phenoxy) is 1. The van der Waals surface area contributed by atoms with Crippen LogP contribution in [0.1, 0.15) is 5.56 Å². The number of aromatic hydroxyl groups is 1. The van der Waals surface area contributed by atoms with Gasteiger partial charge in [0.15, 0.2) is 0 Å². The highest BCUT2D eigenvalue weighted by Crippen LogP contribution is 2.28. The van der Waals surface area contributed by atoms with Crippen molar-refractivity contribution in [3.63, 3.8) is 0 Å². The van der Waals surface area contributed by atoms with Crippen LogP contribution in [-0.2, 0) is 4.79 Å². The summed E-state index contributed by atoms with van der Waals surface area (Å²) < 4.78 is 39.1. The molecule has 0 unspecified atom stereocenters. The van der Waals surface area contributed by atoms with Crippen molar-refractivity contribution in [1.82, 2.24) is 0 Å². The molecule has 1 aromatic rings. The third-order valence-corrected chi connectivity index (χ3v) is 1.66. The van der Waals surface area contributed by atoms with Crippen LogP contribution in [0.15, 0.2) is 24.3 Å². The van der Waals surface area contributed by atoms with Crippen LogP contribution in [0, 0.1) is 0 Å². The molecule has 0 atom stereocenters. The first-order valence-corrected chi connectivity index (χ1v) is 4.34. The molecular weight excluding hydrogens is 239 g/mol. The van der Waals surface area contributed by atoms with Gasteiger partial charge in [-0.3, -0.25) is 4.79 Å². The number of rotatable bonds is 3. The molecule has 1 aromatic carbocycles. The first-order valence-electron chi connectivity index (χ1n) is 4.34. The molecule has 0 fully saturated rings. The van der Waals surface area contributed by atoms with Gasteiger partial charge in [-0.05, 0) is 18.2 Å². The van der Waals surface area contributed by atoms with E-state index < -0.39 is 23.8 Å². The van der Waals surface area contributed by atoms with Crippen molar-refractivity contribution in [3.8, 4) is 11.5 Å². The van der Waals surface area contributed by atoms with Gasteiger partial charge in [0, 0.05) is 17.7 Å². The highest BCUT2D eigenvalue weighted by molar-refractivity contribution is 5.90. The quantitative estimate of drug-likeness (QED) is 0.800. The largest absolute Gasteiger partial charge is 0.573 e. The van der Waals surface area contributed by atoms with Crippen LogP contribution in [0.3, 0.4) is 0 Å². The van der Waals surface area contributed by atoms with E-state index in [4.69, 9.17) is 5.73 Å². The molecular formula is C10H8F3NO3. The van der Waals surface area contributed by atoms with Crippen LogP contribution in [0.5, 0.6) is 11.5 Å². The lowest BCUT2D eigenvalue weighted by Gasteiger charge is -2.09. The Morgan fingerprint density at radius 3 is 2.53 bits per heavy atom. The summed E-state index contributed by atoms with van der Waals surface area (Å²) in [6, 6.07) is 2.96. The van der Waals surface area contributed by atoms with Gasteiger partial charge >= 0.3 is 6.36 Å². The molecule has 0 aromatic heterocycles. The lowest BCUT2D eigenvalue weighted by molar-refractivity contribution is -0.274. The highest BCUT2D eigenvalue weighted by atomic mass is 19.4. The molecule has 0 saturated carbocycles. The SMILES string of the molecule is NC(=O)C=Cc1ccc(OC(F)(F)F)cc1O. The summed E-state index contributed by atoms with van der Waals surface area (Å²) in [5, 5.41) is 9.35. The Hall–Kier alpha value is -2.18. The van der Waals surface area contributed by atoms with Gasteiger partial charge in [0.25, 0.3) is 0 Å². The van der Waals surface area contributed by atoms with Crippen molar-refractivity contribution in [2.45, 2.75) is 6.36 Å². The highest BCUT2D eigenvalue weighted by Gasteiger charge is 2.31. The molecule has 4 nitrogen and oxygen atoms in total. The summed E-state index contributed by atoms with van der Waals surface area (Å²) in [5.74, 6) is -1.74. The van der Waals surface area contributed by atoms with Crippen LogP contribution in [-0.4, -0.2) is 17.4 Å². The van der Waals surface area contributed by atoms with Gasteiger partial charge in [-0.15, -0.1) is 13.2 Å². The van der Waals surface area contributed by atoms with Crippen LogP contribution in [0.4, 0.5) is 13.2 Å². The van der Waals surface area contributed by atoms with E-state index in [2.05, 4.69) is 4.74 Å². The van der Waals surface area contributed by atoms with Gasteiger partial charge in [0.05, 0.1) is 0 Å². The van der Waals surface area contributed by atoms with Crippen molar-refractivity contribution in [1.29, 1.82) is 0 Å². The molecule has 0 radical (unpaired) electrons. The van der Waals surface area contributed by atoms with Crippen molar-refractivity contribution >= 4 is 12.0 Å². The van der Waals surface area contributed by atoms with E-state index in [0.29, 0.717) is 0 Å². The van der Waals surface area contributed by atoms with Crippen LogP contribution in [0.25, 0.3) is 6.08 Å². The maximum absolute atomic E-state index is 11.8. The number of alkyl halides is 3. The summed E-state index contributed by atoms with van der Waals surface area (Å²) in [6.45, 7) is 0. The van der Waals surface area contributed by atoms with E-state index in [9.17, 15) is 23.1 Å². The Kier molecular flexibility index (Phi) is 3.62. The smallest absolute Gasteiger partial charge is 0.507 e. The molecule has 0 aliphatic heterocycles. The second kappa shape index (κ2) is 4.77. The number of amides is 1. The number of carbonyl (C=O) groups excluding carboxylic acids is 1. The predicted octanol–water partition coefficient (Wildman–Crippen LogP) is 1.79.